The first-order valence-corrected chi connectivity index (χ1v) is 5.49. The smallest absolute Gasteiger partial charge is 0.238 e. The molecule has 5 nitrogen and oxygen atoms in total. The van der Waals surface area contributed by atoms with Crippen LogP contribution in [0.3, 0.4) is 0 Å². The third-order valence-corrected chi connectivity index (χ3v) is 2.33. The molecule has 0 spiro atoms. The summed E-state index contributed by atoms with van der Waals surface area (Å²) in [5.41, 5.74) is 1.50. The monoisotopic (exact) mass is 245 g/mol. The molecule has 0 aliphatic carbocycles. The van der Waals surface area contributed by atoms with Crippen LogP contribution in [0.4, 0.5) is 5.69 Å². The number of nitrogens with zero attached hydrogens (tertiary/aromatic N) is 2. The van der Waals surface area contributed by atoms with Crippen LogP contribution in [-0.2, 0) is 16.0 Å². The minimum Gasteiger partial charge on any atom is -0.349 e. The van der Waals surface area contributed by atoms with Gasteiger partial charge in [-0.15, -0.1) is 0 Å². The van der Waals surface area contributed by atoms with Crippen molar-refractivity contribution < 1.29 is 9.59 Å². The van der Waals surface area contributed by atoms with Crippen molar-refractivity contribution in [3.05, 3.63) is 29.8 Å². The van der Waals surface area contributed by atoms with E-state index in [0.717, 1.165) is 5.56 Å². The van der Waals surface area contributed by atoms with Gasteiger partial charge in [-0.1, -0.05) is 12.1 Å². The van der Waals surface area contributed by atoms with Crippen molar-refractivity contribution in [1.29, 1.82) is 5.26 Å². The molecule has 2 amide bonds. The van der Waals surface area contributed by atoms with Crippen molar-refractivity contribution in [1.82, 2.24) is 4.90 Å². The van der Waals surface area contributed by atoms with E-state index in [9.17, 15) is 9.59 Å². The molecule has 1 N–H and O–H groups in total. The van der Waals surface area contributed by atoms with Gasteiger partial charge in [0.25, 0.3) is 0 Å². The number of benzene rings is 1. The summed E-state index contributed by atoms with van der Waals surface area (Å²) in [6, 6.07) is 8.77. The molecule has 0 saturated carbocycles. The molecule has 0 fully saturated rings. The molecule has 0 bridgehead atoms. The molecule has 0 aromatic heterocycles. The highest BCUT2D eigenvalue weighted by Crippen LogP contribution is 2.10. The highest BCUT2D eigenvalue weighted by Gasteiger charge is 2.06. The molecule has 0 unspecified atom stereocenters. The number of rotatable bonds is 4. The Labute approximate surface area is 106 Å². The molecule has 0 radical (unpaired) electrons. The number of carbonyl (C=O) groups is 2. The summed E-state index contributed by atoms with van der Waals surface area (Å²) in [4.78, 5) is 24.2. The first-order valence-electron chi connectivity index (χ1n) is 5.49. The Bertz CT molecular complexity index is 472. The summed E-state index contributed by atoms with van der Waals surface area (Å²) in [7, 11) is 3.41. The van der Waals surface area contributed by atoms with Gasteiger partial charge in [-0.05, 0) is 17.7 Å². The Balaban J connectivity index is 2.61. The summed E-state index contributed by atoms with van der Waals surface area (Å²) < 4.78 is 0. The predicted octanol–water partition coefficient (Wildman–Crippen LogP) is 1.17. The maximum atomic E-state index is 11.5. The summed E-state index contributed by atoms with van der Waals surface area (Å²) in [5.74, 6) is -0.314. The Morgan fingerprint density at radius 2 is 1.89 bits per heavy atom. The number of likely N-dealkylation sites (N-methyl/N-ethyl adjacent to an activating group) is 1. The maximum Gasteiger partial charge on any atom is 0.238 e. The van der Waals surface area contributed by atoms with Crippen molar-refractivity contribution in [2.75, 3.05) is 19.4 Å². The van der Waals surface area contributed by atoms with E-state index in [1.807, 2.05) is 0 Å². The Morgan fingerprint density at radius 3 is 2.39 bits per heavy atom. The van der Waals surface area contributed by atoms with Gasteiger partial charge in [0, 0.05) is 19.8 Å². The van der Waals surface area contributed by atoms with Gasteiger partial charge in [0.2, 0.25) is 11.8 Å². The fourth-order valence-corrected chi connectivity index (χ4v) is 1.32. The zero-order valence-corrected chi connectivity index (χ0v) is 10.4. The molecule has 94 valence electrons. The van der Waals surface area contributed by atoms with E-state index in [2.05, 4.69) is 5.32 Å². The van der Waals surface area contributed by atoms with Gasteiger partial charge in [0.15, 0.2) is 0 Å². The van der Waals surface area contributed by atoms with Gasteiger partial charge in [-0.25, -0.2) is 0 Å². The average molecular weight is 245 g/mol. The van der Waals surface area contributed by atoms with Crippen LogP contribution in [0, 0.1) is 11.3 Å². The van der Waals surface area contributed by atoms with Crippen molar-refractivity contribution in [3.8, 4) is 6.07 Å². The number of hydrogen-bond donors (Lipinski definition) is 1. The lowest BCUT2D eigenvalue weighted by Gasteiger charge is -2.10. The summed E-state index contributed by atoms with van der Waals surface area (Å²) in [6.07, 6.45) is 0.167. The van der Waals surface area contributed by atoms with Gasteiger partial charge >= 0.3 is 0 Å². The second-order valence-electron chi connectivity index (χ2n) is 4.04. The van der Waals surface area contributed by atoms with Gasteiger partial charge in [-0.2, -0.15) is 5.26 Å². The van der Waals surface area contributed by atoms with Crippen LogP contribution in [0.1, 0.15) is 12.0 Å². The minimum absolute atomic E-state index is 0.0243. The van der Waals surface area contributed by atoms with Crippen molar-refractivity contribution in [2.24, 2.45) is 0 Å². The summed E-state index contributed by atoms with van der Waals surface area (Å²) in [6.45, 7) is 0. The third-order valence-electron chi connectivity index (χ3n) is 2.33. The fraction of sp³-hybridized carbons (Fsp3) is 0.308. The molecule has 18 heavy (non-hydrogen) atoms. The van der Waals surface area contributed by atoms with Crippen LogP contribution in [0.2, 0.25) is 0 Å². The van der Waals surface area contributed by atoms with Gasteiger partial charge < -0.3 is 10.2 Å². The second-order valence-corrected chi connectivity index (χ2v) is 4.04. The molecular weight excluding hydrogens is 230 g/mol. The predicted molar refractivity (Wildman–Crippen MR) is 67.7 cm³/mol. The number of amides is 2. The Kier molecular flexibility index (Phi) is 4.88. The highest BCUT2D eigenvalue weighted by molar-refractivity contribution is 5.92. The average Bonchev–Trinajstić information content (AvgIpc) is 2.31. The van der Waals surface area contributed by atoms with Crippen LogP contribution in [0.15, 0.2) is 24.3 Å². The van der Waals surface area contributed by atoms with E-state index in [4.69, 9.17) is 5.26 Å². The quantitative estimate of drug-likeness (QED) is 0.865. The molecule has 0 saturated heterocycles. The molecule has 0 heterocycles. The zero-order valence-electron chi connectivity index (χ0n) is 10.4. The number of anilines is 1. The first-order chi connectivity index (χ1) is 8.52. The molecule has 1 aromatic carbocycles. The molecule has 0 aliphatic heterocycles. The van der Waals surface area contributed by atoms with Crippen LogP contribution >= 0.6 is 0 Å². The Hall–Kier alpha value is -2.35. The molecule has 5 heteroatoms. The van der Waals surface area contributed by atoms with Gasteiger partial charge in [0.1, 0.15) is 6.42 Å². The lowest BCUT2D eigenvalue weighted by Crippen LogP contribution is -2.23. The van der Waals surface area contributed by atoms with E-state index in [1.165, 1.54) is 4.90 Å². The van der Waals surface area contributed by atoms with Crippen LogP contribution < -0.4 is 5.32 Å². The largest absolute Gasteiger partial charge is 0.349 e. The van der Waals surface area contributed by atoms with E-state index in [-0.39, 0.29) is 18.2 Å². The minimum atomic E-state index is -0.338. The molecule has 1 rings (SSSR count). The maximum absolute atomic E-state index is 11.5. The number of nitrogens with one attached hydrogen (secondary N) is 1. The molecule has 1 aromatic rings. The van der Waals surface area contributed by atoms with Crippen LogP contribution in [0.5, 0.6) is 0 Å². The number of carbonyl (C=O) groups excluding carboxylic acids is 2. The van der Waals surface area contributed by atoms with Gasteiger partial charge in [-0.3, -0.25) is 9.59 Å². The summed E-state index contributed by atoms with van der Waals surface area (Å²) in [5, 5.41) is 10.9. The second kappa shape index (κ2) is 6.40. The Morgan fingerprint density at radius 1 is 1.28 bits per heavy atom. The first kappa shape index (κ1) is 13.7. The van der Waals surface area contributed by atoms with Crippen LogP contribution in [-0.4, -0.2) is 30.8 Å². The van der Waals surface area contributed by atoms with Crippen LogP contribution in [0.25, 0.3) is 0 Å². The SMILES string of the molecule is CN(C)C(=O)Cc1ccc(NC(=O)CC#N)cc1. The standard InChI is InChI=1S/C13H15N3O2/c1-16(2)13(18)9-10-3-5-11(6-4-10)15-12(17)7-8-14/h3-6H,7,9H2,1-2H3,(H,15,17). The normalized spacial score (nSPS) is 9.39. The lowest BCUT2D eigenvalue weighted by molar-refractivity contribution is -0.128. The van der Waals surface area contributed by atoms with Gasteiger partial charge in [0.05, 0.1) is 12.5 Å². The van der Waals surface area contributed by atoms with E-state index in [1.54, 1.807) is 44.4 Å². The van der Waals surface area contributed by atoms with E-state index < -0.39 is 0 Å². The number of nitriles is 1. The summed E-state index contributed by atoms with van der Waals surface area (Å²) >= 11 is 0. The molecular formula is C13H15N3O2. The fourth-order valence-electron chi connectivity index (χ4n) is 1.32. The van der Waals surface area contributed by atoms with E-state index >= 15 is 0 Å². The van der Waals surface area contributed by atoms with Crippen molar-refractivity contribution >= 4 is 17.5 Å². The highest BCUT2D eigenvalue weighted by atomic mass is 16.2. The van der Waals surface area contributed by atoms with Crippen molar-refractivity contribution in [2.45, 2.75) is 12.8 Å². The van der Waals surface area contributed by atoms with E-state index in [0.29, 0.717) is 12.1 Å². The zero-order chi connectivity index (χ0) is 13.5. The van der Waals surface area contributed by atoms with Crippen molar-refractivity contribution in [3.63, 3.8) is 0 Å². The molecule has 0 aliphatic rings. The number of hydrogen-bond acceptors (Lipinski definition) is 3. The topological polar surface area (TPSA) is 73.2 Å². The molecule has 0 atom stereocenters. The lowest BCUT2D eigenvalue weighted by atomic mass is 10.1. The third kappa shape index (κ3) is 4.26.